The van der Waals surface area contributed by atoms with Gasteiger partial charge in [-0.15, -0.1) is 0 Å². The summed E-state index contributed by atoms with van der Waals surface area (Å²) >= 11 is 0. The number of hydrogen-bond donors (Lipinski definition) is 0. The number of hydrogen-bond acceptors (Lipinski definition) is 18. The molecule has 3 aliphatic rings. The van der Waals surface area contributed by atoms with Crippen molar-refractivity contribution in [2.24, 2.45) is 5.16 Å². The molecule has 0 amide bonds. The second kappa shape index (κ2) is 14.2. The third-order valence-electron chi connectivity index (χ3n) is 10.3. The number of nitrogens with zero attached hydrogens (tertiary/aromatic N) is 7. The van der Waals surface area contributed by atoms with Crippen LogP contribution < -0.4 is 11.0 Å². The number of ether oxygens (including phenoxy) is 2. The van der Waals surface area contributed by atoms with E-state index in [9.17, 15) is 59.6 Å². The van der Waals surface area contributed by atoms with Crippen molar-refractivity contribution in [3.8, 4) is 22.5 Å². The van der Waals surface area contributed by atoms with Gasteiger partial charge < -0.3 is 23.5 Å². The normalized spacial score (nSPS) is 15.3. The Kier molecular flexibility index (Phi) is 9.09. The summed E-state index contributed by atoms with van der Waals surface area (Å²) in [5.41, 5.74) is -6.10. The minimum absolute atomic E-state index is 0.0189. The van der Waals surface area contributed by atoms with E-state index in [1.807, 2.05) is 6.07 Å². The molecule has 1 aliphatic carbocycles. The van der Waals surface area contributed by atoms with E-state index in [1.54, 1.807) is 18.2 Å². The van der Waals surface area contributed by atoms with Gasteiger partial charge >= 0.3 is 19.4 Å². The highest BCUT2D eigenvalue weighted by Crippen LogP contribution is 2.50. The summed E-state index contributed by atoms with van der Waals surface area (Å²) in [4.78, 5) is 105. The van der Waals surface area contributed by atoms with Gasteiger partial charge in [0.2, 0.25) is 12.2 Å². The number of esters is 2. The molecule has 2 aromatic heterocycles. The molecule has 0 fully saturated rings. The average molecular weight is 819 g/mol. The number of fused-ring (bicyclic) bond motifs is 8. The van der Waals surface area contributed by atoms with E-state index in [0.717, 1.165) is 12.1 Å². The Hall–Kier alpha value is -8.44. The maximum atomic E-state index is 14.0. The summed E-state index contributed by atoms with van der Waals surface area (Å²) in [6, 6.07) is 11.3. The van der Waals surface area contributed by atoms with Gasteiger partial charge in [-0.1, -0.05) is 24.2 Å². The molecule has 0 unspecified atom stereocenters. The highest BCUT2D eigenvalue weighted by Gasteiger charge is 2.51. The molecule has 3 aromatic carbocycles. The Bertz CT molecular complexity index is 2870. The van der Waals surface area contributed by atoms with Crippen LogP contribution in [0.15, 0.2) is 64.5 Å². The summed E-state index contributed by atoms with van der Waals surface area (Å²) in [5, 5.41) is 52.2. The van der Waals surface area contributed by atoms with Crippen LogP contribution >= 0.6 is 0 Å². The molecule has 8 rings (SSSR count). The summed E-state index contributed by atoms with van der Waals surface area (Å²) in [7, 11) is 0.0421. The molecule has 60 heavy (non-hydrogen) atoms. The first-order valence-electron chi connectivity index (χ1n) is 17.5. The zero-order valence-electron chi connectivity index (χ0n) is 30.5. The lowest BCUT2D eigenvalue weighted by atomic mass is 9.85. The lowest BCUT2D eigenvalue weighted by Crippen LogP contribution is -2.48. The van der Waals surface area contributed by atoms with Gasteiger partial charge in [0.15, 0.2) is 0 Å². The van der Waals surface area contributed by atoms with Crippen molar-refractivity contribution in [1.82, 2.24) is 9.55 Å². The fourth-order valence-corrected chi connectivity index (χ4v) is 7.65. The third kappa shape index (κ3) is 6.00. The molecule has 0 saturated carbocycles. The first kappa shape index (κ1) is 38.4. The van der Waals surface area contributed by atoms with Crippen LogP contribution in [-0.2, 0) is 52.1 Å². The Morgan fingerprint density at radius 2 is 1.58 bits per heavy atom. The average Bonchev–Trinajstić information content (AvgIpc) is 3.74. The maximum absolute atomic E-state index is 14.0. The zero-order valence-corrected chi connectivity index (χ0v) is 30.5. The van der Waals surface area contributed by atoms with E-state index in [-0.39, 0.29) is 31.6 Å². The lowest BCUT2D eigenvalue weighted by Gasteiger charge is -2.35. The van der Waals surface area contributed by atoms with E-state index >= 15 is 0 Å². The van der Waals surface area contributed by atoms with Crippen LogP contribution in [0.4, 0.5) is 22.7 Å². The van der Waals surface area contributed by atoms with Gasteiger partial charge in [0.1, 0.15) is 12.3 Å². The van der Waals surface area contributed by atoms with Crippen LogP contribution in [-0.4, -0.2) is 67.5 Å². The SMILES string of the molecule is CC[C@@]1(OC(=O)CON=C2c3cc([N+](=O)[O-])cc([N+](=O)[O-])c3-c3c2cc([N+](=O)[O-])cc3[N+](=O)[O-])C(=O)OCc2c1cc1n(c2=O)Cc2cc3cc(BOC=O)ccc3nc2-1. The van der Waals surface area contributed by atoms with E-state index in [0.29, 0.717) is 51.9 Å². The summed E-state index contributed by atoms with van der Waals surface area (Å²) in [6.07, 6.45) is -0.243. The van der Waals surface area contributed by atoms with Crippen molar-refractivity contribution in [3.05, 3.63) is 133 Å². The second-order valence-electron chi connectivity index (χ2n) is 13.5. The molecule has 0 N–H and O–H groups in total. The van der Waals surface area contributed by atoms with Gasteiger partial charge in [-0.05, 0) is 30.1 Å². The van der Waals surface area contributed by atoms with E-state index in [4.69, 9.17) is 23.9 Å². The molecule has 5 aromatic rings. The molecular weight excluding hydrogens is 797 g/mol. The summed E-state index contributed by atoms with van der Waals surface area (Å²) in [6.45, 7) is 0.371. The quantitative estimate of drug-likeness (QED) is 0.0427. The van der Waals surface area contributed by atoms with Crippen LogP contribution in [0.1, 0.15) is 41.2 Å². The number of oxime groups is 1. The molecule has 23 nitrogen and oxygen atoms in total. The van der Waals surface area contributed by atoms with Crippen LogP contribution in [0.2, 0.25) is 0 Å². The fourth-order valence-electron chi connectivity index (χ4n) is 7.65. The molecule has 0 bridgehead atoms. The van der Waals surface area contributed by atoms with Gasteiger partial charge in [-0.3, -0.25) is 50.0 Å². The number of nitro groups is 4. The Balaban J connectivity index is 1.15. The number of cyclic esters (lactones) is 1. The second-order valence-corrected chi connectivity index (χ2v) is 13.5. The Morgan fingerprint density at radius 3 is 2.17 bits per heavy atom. The summed E-state index contributed by atoms with van der Waals surface area (Å²) < 4.78 is 17.4. The van der Waals surface area contributed by atoms with Gasteiger partial charge in [0.05, 0.1) is 72.0 Å². The first-order valence-corrected chi connectivity index (χ1v) is 17.5. The van der Waals surface area contributed by atoms with Crippen molar-refractivity contribution in [2.75, 3.05) is 6.61 Å². The topological polar surface area (TPSA) is 308 Å². The number of pyridine rings is 2. The molecule has 24 heteroatoms. The molecule has 1 atom stereocenters. The number of aromatic nitrogens is 2. The number of non-ortho nitro benzene ring substituents is 2. The minimum Gasteiger partial charge on any atom is -0.537 e. The number of nitro benzene ring substituents is 4. The smallest absolute Gasteiger partial charge is 0.377 e. The molecule has 0 radical (unpaired) electrons. The predicted molar refractivity (Wildman–Crippen MR) is 202 cm³/mol. The van der Waals surface area contributed by atoms with Gasteiger partial charge in [-0.25, -0.2) is 14.6 Å². The molecular formula is C36H22BN7O16. The third-order valence-corrected chi connectivity index (χ3v) is 10.3. The highest BCUT2D eigenvalue weighted by molar-refractivity contribution is 6.48. The molecule has 2 aliphatic heterocycles. The van der Waals surface area contributed by atoms with Gasteiger partial charge in [0, 0.05) is 39.8 Å². The van der Waals surface area contributed by atoms with Crippen LogP contribution in [0, 0.1) is 40.5 Å². The number of carbonyl (C=O) groups is 3. The predicted octanol–water partition coefficient (Wildman–Crippen LogP) is 2.86. The number of carbonyl (C=O) groups excluding carboxylic acids is 3. The van der Waals surface area contributed by atoms with E-state index in [1.165, 1.54) is 17.6 Å². The van der Waals surface area contributed by atoms with Crippen LogP contribution in [0.25, 0.3) is 33.4 Å². The largest absolute Gasteiger partial charge is 0.537 e. The van der Waals surface area contributed by atoms with Crippen LogP contribution in [0.5, 0.6) is 0 Å². The van der Waals surface area contributed by atoms with Crippen molar-refractivity contribution < 1.29 is 53.0 Å². The fraction of sp³-hybridized carbons (Fsp3) is 0.167. The Labute approximate surface area is 332 Å². The molecule has 0 spiro atoms. The van der Waals surface area contributed by atoms with E-state index in [2.05, 4.69) is 5.16 Å². The zero-order chi connectivity index (χ0) is 42.8. The molecule has 300 valence electrons. The van der Waals surface area contributed by atoms with E-state index < -0.39 is 107 Å². The number of benzene rings is 3. The van der Waals surface area contributed by atoms with Crippen molar-refractivity contribution in [2.45, 2.75) is 32.1 Å². The Morgan fingerprint density at radius 1 is 0.933 bits per heavy atom. The molecule has 4 heterocycles. The molecule has 0 saturated heterocycles. The van der Waals surface area contributed by atoms with Crippen molar-refractivity contribution >= 4 is 70.7 Å². The summed E-state index contributed by atoms with van der Waals surface area (Å²) in [5.74, 6) is -2.28. The standard InChI is InChI=1S/C36H22BN7O16/c1-2-36(24-11-28-32-17(12-40(28)34(47)23(24)13-57-35(36)48)5-16-6-18(37-58-15-45)3-4-25(16)38-32)60-29(46)14-59-39-33-21-7-19(41(49)50)9-26(43(53)54)30(21)31-22(33)8-20(42(51)52)10-27(31)44(55)56/h3-11,15,37H,2,12-14H2,1H3/t36-/m0/s1. The monoisotopic (exact) mass is 819 g/mol. The van der Waals surface area contributed by atoms with Gasteiger partial charge in [-0.2, -0.15) is 0 Å². The van der Waals surface area contributed by atoms with Crippen molar-refractivity contribution in [3.63, 3.8) is 0 Å². The maximum Gasteiger partial charge on any atom is 0.377 e. The number of rotatable bonds is 12. The highest BCUT2D eigenvalue weighted by atomic mass is 16.7. The van der Waals surface area contributed by atoms with Crippen molar-refractivity contribution in [1.29, 1.82) is 0 Å². The van der Waals surface area contributed by atoms with Crippen LogP contribution in [0.3, 0.4) is 0 Å². The minimum atomic E-state index is -2.20. The van der Waals surface area contributed by atoms with Gasteiger partial charge in [0.25, 0.3) is 34.8 Å². The first-order chi connectivity index (χ1) is 28.7. The lowest BCUT2D eigenvalue weighted by molar-refractivity contribution is -0.395.